The number of hydrogen-bond acceptors (Lipinski definition) is 3. The van der Waals surface area contributed by atoms with Crippen LogP contribution in [0.15, 0.2) is 28.7 Å². The highest BCUT2D eigenvalue weighted by Gasteiger charge is 2.19. The predicted octanol–water partition coefficient (Wildman–Crippen LogP) is 2.90. The molecule has 1 atom stereocenters. The van der Waals surface area contributed by atoms with Crippen LogP contribution in [0.3, 0.4) is 0 Å². The lowest BCUT2D eigenvalue weighted by Crippen LogP contribution is -2.47. The molecule has 3 nitrogen and oxygen atoms in total. The monoisotopic (exact) mass is 326 g/mol. The Morgan fingerprint density at radius 2 is 2.16 bits per heavy atom. The molecule has 0 bridgehead atoms. The zero-order valence-corrected chi connectivity index (χ0v) is 13.2. The van der Waals surface area contributed by atoms with Crippen molar-refractivity contribution in [1.82, 2.24) is 10.2 Å². The molecule has 106 valence electrons. The Balaban J connectivity index is 1.74. The predicted molar refractivity (Wildman–Crippen MR) is 82.8 cm³/mol. The molecule has 1 aromatic rings. The van der Waals surface area contributed by atoms with E-state index in [4.69, 9.17) is 4.74 Å². The number of hydrogen-bond donors (Lipinski definition) is 1. The maximum atomic E-state index is 5.80. The van der Waals surface area contributed by atoms with E-state index < -0.39 is 0 Å². The highest BCUT2D eigenvalue weighted by molar-refractivity contribution is 9.10. The van der Waals surface area contributed by atoms with Gasteiger partial charge in [-0.3, -0.25) is 4.90 Å². The molecule has 19 heavy (non-hydrogen) atoms. The van der Waals surface area contributed by atoms with E-state index in [2.05, 4.69) is 33.1 Å². The third kappa shape index (κ3) is 4.79. The number of halogens is 1. The molecule has 0 saturated carbocycles. The van der Waals surface area contributed by atoms with Crippen LogP contribution in [0.4, 0.5) is 0 Å². The molecule has 0 radical (unpaired) electrons. The van der Waals surface area contributed by atoms with Gasteiger partial charge in [0.25, 0.3) is 0 Å². The summed E-state index contributed by atoms with van der Waals surface area (Å²) in [5.41, 5.74) is 0. The van der Waals surface area contributed by atoms with Crippen LogP contribution in [0.2, 0.25) is 0 Å². The van der Waals surface area contributed by atoms with Crippen LogP contribution in [0.25, 0.3) is 0 Å². The van der Waals surface area contributed by atoms with Gasteiger partial charge in [0.1, 0.15) is 12.4 Å². The molecule has 0 aromatic heterocycles. The quantitative estimate of drug-likeness (QED) is 0.869. The summed E-state index contributed by atoms with van der Waals surface area (Å²) in [6, 6.07) is 8.70. The Morgan fingerprint density at radius 3 is 2.79 bits per heavy atom. The van der Waals surface area contributed by atoms with E-state index in [-0.39, 0.29) is 0 Å². The van der Waals surface area contributed by atoms with Crippen LogP contribution in [0.5, 0.6) is 5.75 Å². The smallest absolute Gasteiger partial charge is 0.119 e. The van der Waals surface area contributed by atoms with E-state index in [1.165, 1.54) is 19.4 Å². The molecule has 1 N–H and O–H groups in total. The number of likely N-dealkylation sites (N-methyl/N-ethyl adjacent to an activating group) is 1. The third-order valence-corrected chi connectivity index (χ3v) is 4.18. The van der Waals surface area contributed by atoms with Gasteiger partial charge in [0.15, 0.2) is 0 Å². The number of ether oxygens (including phenoxy) is 1. The van der Waals surface area contributed by atoms with Gasteiger partial charge in [0.05, 0.1) is 0 Å². The number of rotatable bonds is 6. The topological polar surface area (TPSA) is 24.5 Å². The van der Waals surface area contributed by atoms with E-state index in [1.807, 2.05) is 24.3 Å². The zero-order chi connectivity index (χ0) is 13.5. The summed E-state index contributed by atoms with van der Waals surface area (Å²) in [6.45, 7) is 7.37. The van der Waals surface area contributed by atoms with Gasteiger partial charge in [-0.1, -0.05) is 22.9 Å². The fraction of sp³-hybridized carbons (Fsp3) is 0.600. The van der Waals surface area contributed by atoms with E-state index in [1.54, 1.807) is 0 Å². The van der Waals surface area contributed by atoms with Gasteiger partial charge in [0.2, 0.25) is 0 Å². The molecule has 2 rings (SSSR count). The normalized spacial score (nSPS) is 19.6. The van der Waals surface area contributed by atoms with Gasteiger partial charge in [-0.25, -0.2) is 0 Å². The fourth-order valence-corrected chi connectivity index (χ4v) is 2.82. The summed E-state index contributed by atoms with van der Waals surface area (Å²) >= 11 is 3.43. The second-order valence-electron chi connectivity index (χ2n) is 4.93. The van der Waals surface area contributed by atoms with E-state index >= 15 is 0 Å². The molecule has 1 aliphatic rings. The molecule has 1 saturated heterocycles. The maximum absolute atomic E-state index is 5.80. The summed E-state index contributed by atoms with van der Waals surface area (Å²) in [4.78, 5) is 2.52. The summed E-state index contributed by atoms with van der Waals surface area (Å²) < 4.78 is 6.89. The molecule has 4 heteroatoms. The zero-order valence-electron chi connectivity index (χ0n) is 11.6. The Morgan fingerprint density at radius 1 is 1.37 bits per heavy atom. The van der Waals surface area contributed by atoms with Crippen LogP contribution < -0.4 is 10.1 Å². The summed E-state index contributed by atoms with van der Waals surface area (Å²) in [5.74, 6) is 0.945. The lowest BCUT2D eigenvalue weighted by Gasteiger charge is -2.33. The van der Waals surface area contributed by atoms with Gasteiger partial charge in [-0.2, -0.15) is 0 Å². The fourth-order valence-electron chi connectivity index (χ4n) is 2.56. The highest BCUT2D eigenvalue weighted by atomic mass is 79.9. The van der Waals surface area contributed by atoms with Crippen molar-refractivity contribution >= 4 is 15.9 Å². The van der Waals surface area contributed by atoms with Gasteiger partial charge < -0.3 is 10.1 Å². The molecule has 1 aliphatic heterocycles. The van der Waals surface area contributed by atoms with Gasteiger partial charge in [0, 0.05) is 23.6 Å². The van der Waals surface area contributed by atoms with Crippen molar-refractivity contribution in [3.8, 4) is 5.75 Å². The van der Waals surface area contributed by atoms with Crippen molar-refractivity contribution in [3.63, 3.8) is 0 Å². The Kier molecular flexibility index (Phi) is 6.14. The standard InChI is InChI=1S/C15H23BrN2O/c1-2-18(14-4-3-9-17-12-14)10-11-19-15-7-5-13(16)6-8-15/h5-8,14,17H,2-4,9-12H2,1H3. The average Bonchev–Trinajstić information content (AvgIpc) is 2.46. The van der Waals surface area contributed by atoms with Crippen molar-refractivity contribution in [2.45, 2.75) is 25.8 Å². The highest BCUT2D eigenvalue weighted by Crippen LogP contribution is 2.16. The molecule has 0 spiro atoms. The number of benzene rings is 1. The minimum absolute atomic E-state index is 0.673. The summed E-state index contributed by atoms with van der Waals surface area (Å²) in [5, 5.41) is 3.48. The van der Waals surface area contributed by atoms with Crippen LogP contribution >= 0.6 is 15.9 Å². The molecular weight excluding hydrogens is 304 g/mol. The van der Waals surface area contributed by atoms with E-state index in [0.29, 0.717) is 6.04 Å². The lowest BCUT2D eigenvalue weighted by molar-refractivity contribution is 0.144. The number of nitrogens with one attached hydrogen (secondary N) is 1. The Hall–Kier alpha value is -0.580. The molecular formula is C15H23BrN2O. The minimum Gasteiger partial charge on any atom is -0.492 e. The van der Waals surface area contributed by atoms with E-state index in [0.717, 1.165) is 36.5 Å². The first-order valence-corrected chi connectivity index (χ1v) is 7.92. The van der Waals surface area contributed by atoms with Crippen molar-refractivity contribution in [2.24, 2.45) is 0 Å². The first kappa shape index (κ1) is 14.8. The SMILES string of the molecule is CCN(CCOc1ccc(Br)cc1)C1CCCNC1. The van der Waals surface area contributed by atoms with Crippen molar-refractivity contribution in [2.75, 3.05) is 32.8 Å². The summed E-state index contributed by atoms with van der Waals surface area (Å²) in [7, 11) is 0. The van der Waals surface area contributed by atoms with E-state index in [9.17, 15) is 0 Å². The lowest BCUT2D eigenvalue weighted by atomic mass is 10.1. The van der Waals surface area contributed by atoms with Crippen molar-refractivity contribution < 1.29 is 4.74 Å². The van der Waals surface area contributed by atoms with Gasteiger partial charge in [-0.05, 0) is 50.2 Å². The van der Waals surface area contributed by atoms with Crippen molar-refractivity contribution in [1.29, 1.82) is 0 Å². The molecule has 0 aliphatic carbocycles. The average molecular weight is 327 g/mol. The Bertz CT molecular complexity index is 363. The molecule has 1 heterocycles. The molecule has 1 unspecified atom stereocenters. The first-order valence-electron chi connectivity index (χ1n) is 7.12. The molecule has 1 aromatic carbocycles. The van der Waals surface area contributed by atoms with Crippen LogP contribution in [0.1, 0.15) is 19.8 Å². The van der Waals surface area contributed by atoms with Gasteiger partial charge >= 0.3 is 0 Å². The second kappa shape index (κ2) is 7.88. The molecule has 1 fully saturated rings. The summed E-state index contributed by atoms with van der Waals surface area (Å²) in [6.07, 6.45) is 2.59. The van der Waals surface area contributed by atoms with Crippen LogP contribution in [-0.4, -0.2) is 43.7 Å². The van der Waals surface area contributed by atoms with Crippen molar-refractivity contribution in [3.05, 3.63) is 28.7 Å². The van der Waals surface area contributed by atoms with Crippen LogP contribution in [0, 0.1) is 0 Å². The first-order chi connectivity index (χ1) is 9.29. The number of nitrogens with zero attached hydrogens (tertiary/aromatic N) is 1. The largest absolute Gasteiger partial charge is 0.492 e. The van der Waals surface area contributed by atoms with Gasteiger partial charge in [-0.15, -0.1) is 0 Å². The minimum atomic E-state index is 0.673. The Labute approximate surface area is 124 Å². The third-order valence-electron chi connectivity index (χ3n) is 3.65. The second-order valence-corrected chi connectivity index (χ2v) is 5.85. The number of piperidine rings is 1. The molecule has 0 amide bonds. The van der Waals surface area contributed by atoms with Crippen LogP contribution in [-0.2, 0) is 0 Å². The maximum Gasteiger partial charge on any atom is 0.119 e.